The third-order valence-corrected chi connectivity index (χ3v) is 5.56. The SMILES string of the molecule is [C-]#[N+]C(=CC(C)C)C(=O)N1CCC[C@@H]1COC[C@H](NCC)C(=O)C[C@@H](CC(C)C)B(O)O. The zero-order valence-corrected chi connectivity index (χ0v) is 20.2. The van der Waals surface area contributed by atoms with Crippen molar-refractivity contribution < 1.29 is 24.4 Å². The second-order valence-corrected chi connectivity index (χ2v) is 9.32. The van der Waals surface area contributed by atoms with Crippen LogP contribution in [-0.4, -0.2) is 72.1 Å². The molecule has 1 aliphatic rings. The average Bonchev–Trinajstić information content (AvgIpc) is 3.18. The van der Waals surface area contributed by atoms with Crippen LogP contribution >= 0.6 is 0 Å². The first kappa shape index (κ1) is 28.3. The number of ether oxygens (including phenoxy) is 1. The van der Waals surface area contributed by atoms with E-state index in [9.17, 15) is 19.6 Å². The molecule has 9 heteroatoms. The van der Waals surface area contributed by atoms with Crippen molar-refractivity contribution in [2.75, 3.05) is 26.3 Å². The normalized spacial score (nSPS) is 18.7. The van der Waals surface area contributed by atoms with Crippen LogP contribution in [0.15, 0.2) is 11.8 Å². The third kappa shape index (κ3) is 9.41. The molecule has 8 nitrogen and oxygen atoms in total. The van der Waals surface area contributed by atoms with Crippen LogP contribution < -0.4 is 5.32 Å². The van der Waals surface area contributed by atoms with E-state index < -0.39 is 19.0 Å². The van der Waals surface area contributed by atoms with E-state index in [0.717, 1.165) is 12.8 Å². The highest BCUT2D eigenvalue weighted by molar-refractivity contribution is 6.43. The van der Waals surface area contributed by atoms with Gasteiger partial charge in [0.25, 0.3) is 5.91 Å². The summed E-state index contributed by atoms with van der Waals surface area (Å²) < 4.78 is 5.85. The molecule has 0 radical (unpaired) electrons. The van der Waals surface area contributed by atoms with Gasteiger partial charge in [0.15, 0.2) is 5.78 Å². The van der Waals surface area contributed by atoms with E-state index in [0.29, 0.717) is 26.1 Å². The van der Waals surface area contributed by atoms with Gasteiger partial charge in [0.2, 0.25) is 5.70 Å². The molecule has 0 unspecified atom stereocenters. The quantitative estimate of drug-likeness (QED) is 0.214. The second kappa shape index (κ2) is 14.4. The summed E-state index contributed by atoms with van der Waals surface area (Å²) in [6, 6.07) is -0.663. The van der Waals surface area contributed by atoms with Gasteiger partial charge in [-0.25, -0.2) is 4.85 Å². The Bertz CT molecular complexity index is 675. The summed E-state index contributed by atoms with van der Waals surface area (Å²) in [5.41, 5.74) is 0.145. The lowest BCUT2D eigenvalue weighted by atomic mass is 9.66. The van der Waals surface area contributed by atoms with Crippen LogP contribution in [0.2, 0.25) is 5.82 Å². The predicted molar refractivity (Wildman–Crippen MR) is 126 cm³/mol. The summed E-state index contributed by atoms with van der Waals surface area (Å²) in [5, 5.41) is 22.4. The Morgan fingerprint density at radius 1 is 1.31 bits per heavy atom. The van der Waals surface area contributed by atoms with E-state index in [1.807, 2.05) is 34.6 Å². The van der Waals surface area contributed by atoms with E-state index in [1.165, 1.54) is 0 Å². The molecule has 0 spiro atoms. The Labute approximate surface area is 193 Å². The molecule has 32 heavy (non-hydrogen) atoms. The van der Waals surface area contributed by atoms with Gasteiger partial charge in [-0.2, -0.15) is 0 Å². The summed E-state index contributed by atoms with van der Waals surface area (Å²) in [7, 11) is -1.53. The van der Waals surface area contributed by atoms with Crippen LogP contribution in [0.25, 0.3) is 4.85 Å². The number of allylic oxidation sites excluding steroid dienone is 1. The number of carbonyl (C=O) groups is 2. The fourth-order valence-corrected chi connectivity index (χ4v) is 4.05. The number of hydrogen-bond acceptors (Lipinski definition) is 6. The lowest BCUT2D eigenvalue weighted by molar-refractivity contribution is -0.129. The molecule has 3 atom stereocenters. The van der Waals surface area contributed by atoms with Crippen molar-refractivity contribution in [3.05, 3.63) is 23.2 Å². The lowest BCUT2D eigenvalue weighted by Gasteiger charge is -2.26. The maximum Gasteiger partial charge on any atom is 0.455 e. The molecule has 0 saturated carbocycles. The number of Topliss-reactive ketones (excluding diaryl/α,β-unsaturated/α-hetero) is 1. The Morgan fingerprint density at radius 3 is 2.53 bits per heavy atom. The first-order valence-corrected chi connectivity index (χ1v) is 11.7. The molecule has 0 aromatic carbocycles. The van der Waals surface area contributed by atoms with Gasteiger partial charge in [-0.1, -0.05) is 40.7 Å². The molecule has 1 fully saturated rings. The number of carbonyl (C=O) groups excluding carboxylic acids is 2. The van der Waals surface area contributed by atoms with Gasteiger partial charge in [-0.15, -0.1) is 0 Å². The first-order valence-electron chi connectivity index (χ1n) is 11.7. The molecule has 1 rings (SSSR count). The molecule has 0 aromatic heterocycles. The Morgan fingerprint density at radius 2 is 2.00 bits per heavy atom. The van der Waals surface area contributed by atoms with Crippen molar-refractivity contribution in [2.24, 2.45) is 11.8 Å². The molecule has 1 amide bonds. The topological polar surface area (TPSA) is 103 Å². The predicted octanol–water partition coefficient (Wildman–Crippen LogP) is 2.28. The van der Waals surface area contributed by atoms with Crippen LogP contribution in [0.4, 0.5) is 0 Å². The minimum absolute atomic E-state index is 0.0687. The van der Waals surface area contributed by atoms with Gasteiger partial charge in [0, 0.05) is 18.8 Å². The molecule has 0 aromatic rings. The van der Waals surface area contributed by atoms with Crippen LogP contribution in [-0.2, 0) is 14.3 Å². The number of hydrogen-bond donors (Lipinski definition) is 3. The second-order valence-electron chi connectivity index (χ2n) is 9.32. The number of likely N-dealkylation sites (N-methyl/N-ethyl adjacent to an activating group) is 1. The van der Waals surface area contributed by atoms with Crippen molar-refractivity contribution in [1.82, 2.24) is 10.2 Å². The molecule has 1 heterocycles. The summed E-state index contributed by atoms with van der Waals surface area (Å²) in [4.78, 5) is 30.7. The Kier molecular flexibility index (Phi) is 12.8. The number of rotatable bonds is 14. The van der Waals surface area contributed by atoms with Gasteiger partial charge in [0.05, 0.1) is 31.9 Å². The highest BCUT2D eigenvalue weighted by Crippen LogP contribution is 2.24. The van der Waals surface area contributed by atoms with Crippen LogP contribution in [0.3, 0.4) is 0 Å². The number of amides is 1. The molecular formula is C23H40BN3O5. The molecular weight excluding hydrogens is 409 g/mol. The molecule has 180 valence electrons. The number of nitrogens with zero attached hydrogens (tertiary/aromatic N) is 2. The van der Waals surface area contributed by atoms with Crippen molar-refractivity contribution in [3.63, 3.8) is 0 Å². The molecule has 0 bridgehead atoms. The van der Waals surface area contributed by atoms with Crippen LogP contribution in [0.1, 0.15) is 60.3 Å². The van der Waals surface area contributed by atoms with E-state index in [-0.39, 0.29) is 48.3 Å². The highest BCUT2D eigenvalue weighted by Gasteiger charge is 2.32. The number of nitrogens with one attached hydrogen (secondary N) is 1. The van der Waals surface area contributed by atoms with Gasteiger partial charge in [-0.3, -0.25) is 9.59 Å². The summed E-state index contributed by atoms with van der Waals surface area (Å²) in [6.07, 6.45) is 3.96. The average molecular weight is 449 g/mol. The third-order valence-electron chi connectivity index (χ3n) is 5.56. The minimum Gasteiger partial charge on any atom is -0.427 e. The van der Waals surface area contributed by atoms with Gasteiger partial charge in [0.1, 0.15) is 0 Å². The minimum atomic E-state index is -1.53. The largest absolute Gasteiger partial charge is 0.455 e. The summed E-state index contributed by atoms with van der Waals surface area (Å²) in [6.45, 7) is 18.7. The van der Waals surface area contributed by atoms with Crippen molar-refractivity contribution in [3.8, 4) is 0 Å². The standard InChI is InChI=1S/C23H40BN3O5/c1-7-26-21(22(28)13-18(24(30)31)11-16(2)3)15-32-14-19-9-8-10-27(19)23(29)20(25-6)12-17(4)5/h12,16-19,21,26,30-31H,7-11,13-15H2,1-5H3/t18-,19-,21+/m1/s1. The summed E-state index contributed by atoms with van der Waals surface area (Å²) in [5.74, 6) is -0.511. The van der Waals surface area contributed by atoms with Gasteiger partial charge in [-0.05, 0) is 37.6 Å². The Balaban J connectivity index is 2.69. The fourth-order valence-electron chi connectivity index (χ4n) is 4.05. The molecule has 3 N–H and O–H groups in total. The monoisotopic (exact) mass is 449 g/mol. The van der Waals surface area contributed by atoms with Gasteiger partial charge < -0.3 is 25.0 Å². The van der Waals surface area contributed by atoms with E-state index in [4.69, 9.17) is 11.3 Å². The lowest BCUT2D eigenvalue weighted by Crippen LogP contribution is -2.44. The smallest absolute Gasteiger partial charge is 0.427 e. The summed E-state index contributed by atoms with van der Waals surface area (Å²) >= 11 is 0. The van der Waals surface area contributed by atoms with Crippen molar-refractivity contribution in [1.29, 1.82) is 0 Å². The van der Waals surface area contributed by atoms with E-state index in [2.05, 4.69) is 10.2 Å². The zero-order valence-electron chi connectivity index (χ0n) is 20.2. The maximum absolute atomic E-state index is 12.8. The number of likely N-dealkylation sites (tertiary alicyclic amines) is 1. The van der Waals surface area contributed by atoms with Crippen molar-refractivity contribution in [2.45, 2.75) is 78.2 Å². The van der Waals surface area contributed by atoms with Gasteiger partial charge >= 0.3 is 7.12 Å². The molecule has 1 aliphatic heterocycles. The molecule has 0 aliphatic carbocycles. The highest BCUT2D eigenvalue weighted by atomic mass is 16.5. The van der Waals surface area contributed by atoms with E-state index >= 15 is 0 Å². The fraction of sp³-hybridized carbons (Fsp3) is 0.783. The molecule has 1 saturated heterocycles. The number of ketones is 1. The van der Waals surface area contributed by atoms with Crippen LogP contribution in [0, 0.1) is 18.4 Å². The zero-order chi connectivity index (χ0) is 24.3. The van der Waals surface area contributed by atoms with Crippen LogP contribution in [0.5, 0.6) is 0 Å². The van der Waals surface area contributed by atoms with Crippen molar-refractivity contribution >= 4 is 18.8 Å². The Hall–Kier alpha value is -1.73. The van der Waals surface area contributed by atoms with E-state index in [1.54, 1.807) is 11.0 Å². The first-order chi connectivity index (χ1) is 15.1. The maximum atomic E-state index is 12.8.